The number of halogens is 1. The van der Waals surface area contributed by atoms with Crippen LogP contribution in [0.5, 0.6) is 5.75 Å². The van der Waals surface area contributed by atoms with Gasteiger partial charge < -0.3 is 10.1 Å². The van der Waals surface area contributed by atoms with Gasteiger partial charge in [0.25, 0.3) is 5.91 Å². The summed E-state index contributed by atoms with van der Waals surface area (Å²) in [6.45, 7) is 0.269. The first-order chi connectivity index (χ1) is 13.6. The van der Waals surface area contributed by atoms with E-state index in [0.717, 1.165) is 5.56 Å². The van der Waals surface area contributed by atoms with E-state index in [4.69, 9.17) is 4.74 Å². The first kappa shape index (κ1) is 19.3. The van der Waals surface area contributed by atoms with Crippen molar-refractivity contribution in [1.29, 1.82) is 0 Å². The van der Waals surface area contributed by atoms with Crippen molar-refractivity contribution in [3.05, 3.63) is 101 Å². The van der Waals surface area contributed by atoms with Crippen LogP contribution in [-0.4, -0.2) is 24.8 Å². The summed E-state index contributed by atoms with van der Waals surface area (Å²) in [4.78, 5) is 24.2. The molecule has 1 amide bonds. The molecule has 0 saturated heterocycles. The molecule has 0 radical (unpaired) electrons. The van der Waals surface area contributed by atoms with Crippen LogP contribution in [0.3, 0.4) is 0 Å². The Morgan fingerprint density at radius 3 is 2.29 bits per heavy atom. The molecule has 0 fully saturated rings. The van der Waals surface area contributed by atoms with E-state index >= 15 is 0 Å². The van der Waals surface area contributed by atoms with Gasteiger partial charge in [-0.1, -0.05) is 42.5 Å². The van der Waals surface area contributed by atoms with Crippen molar-refractivity contribution >= 4 is 11.7 Å². The Labute approximate surface area is 163 Å². The summed E-state index contributed by atoms with van der Waals surface area (Å²) in [6, 6.07) is 22.0. The molecule has 1 N–H and O–H groups in total. The van der Waals surface area contributed by atoms with Crippen molar-refractivity contribution in [2.24, 2.45) is 0 Å². The quantitative estimate of drug-likeness (QED) is 0.608. The van der Waals surface area contributed by atoms with E-state index in [1.54, 1.807) is 42.5 Å². The molecule has 0 atom stereocenters. The molecule has 28 heavy (non-hydrogen) atoms. The number of ether oxygens (including phenoxy) is 1. The Morgan fingerprint density at radius 1 is 0.857 bits per heavy atom. The molecule has 3 aromatic rings. The SMILES string of the molecule is O=C(COc1ccc(C(=O)c2ccccc2)cc1)NCCc1cccc(F)c1. The van der Waals surface area contributed by atoms with Gasteiger partial charge in [0.1, 0.15) is 11.6 Å². The summed E-state index contributed by atoms with van der Waals surface area (Å²) in [7, 11) is 0. The van der Waals surface area contributed by atoms with E-state index in [0.29, 0.717) is 29.8 Å². The number of carbonyl (C=O) groups is 2. The largest absolute Gasteiger partial charge is 0.484 e. The van der Waals surface area contributed by atoms with Crippen LogP contribution in [0.15, 0.2) is 78.9 Å². The molecule has 0 aliphatic carbocycles. The molecular formula is C23H20FNO3. The van der Waals surface area contributed by atoms with E-state index in [1.807, 2.05) is 24.3 Å². The summed E-state index contributed by atoms with van der Waals surface area (Å²) in [5, 5.41) is 2.73. The minimum atomic E-state index is -0.290. The molecule has 0 saturated carbocycles. The van der Waals surface area contributed by atoms with Crippen molar-refractivity contribution in [2.45, 2.75) is 6.42 Å². The number of carbonyl (C=O) groups excluding carboxylic acids is 2. The van der Waals surface area contributed by atoms with Crippen molar-refractivity contribution in [1.82, 2.24) is 5.32 Å². The van der Waals surface area contributed by atoms with Crippen LogP contribution in [0.25, 0.3) is 0 Å². The van der Waals surface area contributed by atoms with Gasteiger partial charge in [-0.15, -0.1) is 0 Å². The first-order valence-electron chi connectivity index (χ1n) is 8.95. The predicted octanol–water partition coefficient (Wildman–Crippen LogP) is 3.79. The summed E-state index contributed by atoms with van der Waals surface area (Å²) < 4.78 is 18.6. The second-order valence-corrected chi connectivity index (χ2v) is 6.24. The van der Waals surface area contributed by atoms with E-state index in [2.05, 4.69) is 5.32 Å². The number of hydrogen-bond donors (Lipinski definition) is 1. The number of nitrogens with one attached hydrogen (secondary N) is 1. The lowest BCUT2D eigenvalue weighted by Gasteiger charge is -2.08. The zero-order valence-electron chi connectivity index (χ0n) is 15.2. The predicted molar refractivity (Wildman–Crippen MR) is 105 cm³/mol. The zero-order chi connectivity index (χ0) is 19.8. The molecular weight excluding hydrogens is 357 g/mol. The summed E-state index contributed by atoms with van der Waals surface area (Å²) in [5.41, 5.74) is 1.99. The maximum atomic E-state index is 13.1. The van der Waals surface area contributed by atoms with Crippen LogP contribution in [0, 0.1) is 5.82 Å². The third kappa shape index (κ3) is 5.51. The Balaban J connectivity index is 1.44. The van der Waals surface area contributed by atoms with E-state index in [-0.39, 0.29) is 24.1 Å². The van der Waals surface area contributed by atoms with Gasteiger partial charge in [0.15, 0.2) is 12.4 Å². The maximum absolute atomic E-state index is 13.1. The highest BCUT2D eigenvalue weighted by Crippen LogP contribution is 2.15. The lowest BCUT2D eigenvalue weighted by Crippen LogP contribution is -2.30. The Bertz CT molecular complexity index is 940. The molecule has 0 unspecified atom stereocenters. The standard InChI is InChI=1S/C23H20FNO3/c24-20-8-4-5-17(15-20)13-14-25-22(26)16-28-21-11-9-19(10-12-21)23(27)18-6-2-1-3-7-18/h1-12,15H,13-14,16H2,(H,25,26). The van der Waals surface area contributed by atoms with Crippen LogP contribution in [0.2, 0.25) is 0 Å². The number of benzene rings is 3. The van der Waals surface area contributed by atoms with Crippen LogP contribution >= 0.6 is 0 Å². The van der Waals surface area contributed by atoms with E-state index in [1.165, 1.54) is 12.1 Å². The maximum Gasteiger partial charge on any atom is 0.257 e. The lowest BCUT2D eigenvalue weighted by atomic mass is 10.0. The summed E-state index contributed by atoms with van der Waals surface area (Å²) in [5.74, 6) is -0.116. The fourth-order valence-corrected chi connectivity index (χ4v) is 2.70. The van der Waals surface area contributed by atoms with E-state index in [9.17, 15) is 14.0 Å². The van der Waals surface area contributed by atoms with Gasteiger partial charge in [0.05, 0.1) is 0 Å². The van der Waals surface area contributed by atoms with Crippen molar-refractivity contribution in [3.63, 3.8) is 0 Å². The van der Waals surface area contributed by atoms with Crippen molar-refractivity contribution in [3.8, 4) is 5.75 Å². The molecule has 0 aliphatic rings. The second kappa shape index (κ2) is 9.46. The average Bonchev–Trinajstić information content (AvgIpc) is 2.73. The number of amides is 1. The number of hydrogen-bond acceptors (Lipinski definition) is 3. The van der Waals surface area contributed by atoms with Crippen molar-refractivity contribution < 1.29 is 18.7 Å². The summed E-state index contributed by atoms with van der Waals surface area (Å²) >= 11 is 0. The van der Waals surface area contributed by atoms with Gasteiger partial charge in [-0.3, -0.25) is 9.59 Å². The lowest BCUT2D eigenvalue weighted by molar-refractivity contribution is -0.123. The number of rotatable bonds is 8. The fourth-order valence-electron chi connectivity index (χ4n) is 2.70. The molecule has 142 valence electrons. The Morgan fingerprint density at radius 2 is 1.57 bits per heavy atom. The van der Waals surface area contributed by atoms with Gasteiger partial charge in [0, 0.05) is 17.7 Å². The number of ketones is 1. The highest BCUT2D eigenvalue weighted by Gasteiger charge is 2.09. The second-order valence-electron chi connectivity index (χ2n) is 6.24. The van der Waals surface area contributed by atoms with Gasteiger partial charge in [0.2, 0.25) is 0 Å². The molecule has 4 nitrogen and oxygen atoms in total. The molecule has 0 aliphatic heterocycles. The zero-order valence-corrected chi connectivity index (χ0v) is 15.2. The first-order valence-corrected chi connectivity index (χ1v) is 8.95. The smallest absolute Gasteiger partial charge is 0.257 e. The molecule has 0 spiro atoms. The normalized spacial score (nSPS) is 10.3. The average molecular weight is 377 g/mol. The van der Waals surface area contributed by atoms with Crippen LogP contribution in [0.1, 0.15) is 21.5 Å². The van der Waals surface area contributed by atoms with Gasteiger partial charge >= 0.3 is 0 Å². The molecule has 0 bridgehead atoms. The highest BCUT2D eigenvalue weighted by molar-refractivity contribution is 6.08. The van der Waals surface area contributed by atoms with E-state index < -0.39 is 0 Å². The van der Waals surface area contributed by atoms with Gasteiger partial charge in [-0.25, -0.2) is 4.39 Å². The van der Waals surface area contributed by atoms with Crippen molar-refractivity contribution in [2.75, 3.05) is 13.2 Å². The Kier molecular flexibility index (Phi) is 6.52. The third-order valence-electron chi connectivity index (χ3n) is 4.15. The minimum Gasteiger partial charge on any atom is -0.484 e. The Hall–Kier alpha value is -3.47. The molecule has 3 rings (SSSR count). The summed E-state index contributed by atoms with van der Waals surface area (Å²) in [6.07, 6.45) is 0.541. The highest BCUT2D eigenvalue weighted by atomic mass is 19.1. The molecule has 5 heteroatoms. The molecule has 0 aromatic heterocycles. The van der Waals surface area contributed by atoms with Gasteiger partial charge in [-0.2, -0.15) is 0 Å². The fraction of sp³-hybridized carbons (Fsp3) is 0.130. The van der Waals surface area contributed by atoms with Crippen LogP contribution in [0.4, 0.5) is 4.39 Å². The third-order valence-corrected chi connectivity index (χ3v) is 4.15. The van der Waals surface area contributed by atoms with Crippen LogP contribution in [-0.2, 0) is 11.2 Å². The molecule has 0 heterocycles. The minimum absolute atomic E-state index is 0.0674. The topological polar surface area (TPSA) is 55.4 Å². The van der Waals surface area contributed by atoms with Gasteiger partial charge in [-0.05, 0) is 48.4 Å². The monoisotopic (exact) mass is 377 g/mol. The molecule has 3 aromatic carbocycles. The van der Waals surface area contributed by atoms with Crippen LogP contribution < -0.4 is 10.1 Å².